The fourth-order valence-electron chi connectivity index (χ4n) is 1.89. The second kappa shape index (κ2) is 6.11. The molecule has 2 aromatic carbocycles. The van der Waals surface area contributed by atoms with E-state index < -0.39 is 0 Å². The molecule has 0 heterocycles. The van der Waals surface area contributed by atoms with Crippen LogP contribution in [0.15, 0.2) is 54.6 Å². The zero-order valence-corrected chi connectivity index (χ0v) is 10.7. The van der Waals surface area contributed by atoms with Gasteiger partial charge in [-0.25, -0.2) is 0 Å². The predicted octanol–water partition coefficient (Wildman–Crippen LogP) is 3.45. The molecule has 2 rings (SSSR count). The third-order valence-electron chi connectivity index (χ3n) is 3.04. The van der Waals surface area contributed by atoms with Crippen LogP contribution in [0.5, 0.6) is 0 Å². The van der Waals surface area contributed by atoms with E-state index in [4.69, 9.17) is 0 Å². The van der Waals surface area contributed by atoms with Gasteiger partial charge in [-0.2, -0.15) is 0 Å². The second-order valence-corrected chi connectivity index (χ2v) is 4.44. The summed E-state index contributed by atoms with van der Waals surface area (Å²) < 4.78 is 0. The fraction of sp³-hybridized carbons (Fsp3) is 0.200. The predicted molar refractivity (Wildman–Crippen MR) is 74.8 cm³/mol. The maximum Gasteiger partial charge on any atom is 0.269 e. The van der Waals surface area contributed by atoms with Crippen molar-refractivity contribution in [2.45, 2.75) is 19.5 Å². The Hall–Kier alpha value is -2.20. The molecular formula is C15H16N2O2. The Morgan fingerprint density at radius 3 is 2.58 bits per heavy atom. The van der Waals surface area contributed by atoms with Crippen LogP contribution in [0.1, 0.15) is 24.1 Å². The summed E-state index contributed by atoms with van der Waals surface area (Å²) in [7, 11) is 0. The summed E-state index contributed by atoms with van der Waals surface area (Å²) in [5.74, 6) is 0. The smallest absolute Gasteiger partial charge is 0.269 e. The first kappa shape index (κ1) is 13.2. The van der Waals surface area contributed by atoms with Crippen molar-refractivity contribution in [3.8, 4) is 0 Å². The highest BCUT2D eigenvalue weighted by molar-refractivity contribution is 5.35. The molecule has 0 fully saturated rings. The highest BCUT2D eigenvalue weighted by atomic mass is 16.6. The number of non-ortho nitro benzene ring substituents is 1. The average molecular weight is 256 g/mol. The molecule has 0 saturated heterocycles. The van der Waals surface area contributed by atoms with E-state index in [1.807, 2.05) is 43.3 Å². The normalized spacial score (nSPS) is 12.1. The van der Waals surface area contributed by atoms with Crippen LogP contribution >= 0.6 is 0 Å². The molecule has 4 nitrogen and oxygen atoms in total. The molecule has 0 spiro atoms. The van der Waals surface area contributed by atoms with Crippen LogP contribution in [0.3, 0.4) is 0 Å². The number of hydrogen-bond acceptors (Lipinski definition) is 3. The van der Waals surface area contributed by atoms with E-state index in [1.165, 1.54) is 11.6 Å². The van der Waals surface area contributed by atoms with Crippen LogP contribution in [0.4, 0.5) is 5.69 Å². The molecule has 1 N–H and O–H groups in total. The molecule has 0 bridgehead atoms. The van der Waals surface area contributed by atoms with Crippen LogP contribution in [0.25, 0.3) is 0 Å². The molecule has 0 aromatic heterocycles. The summed E-state index contributed by atoms with van der Waals surface area (Å²) in [6.07, 6.45) is 0. The molecule has 1 atom stereocenters. The zero-order valence-electron chi connectivity index (χ0n) is 10.7. The van der Waals surface area contributed by atoms with Gasteiger partial charge in [-0.05, 0) is 18.1 Å². The molecule has 19 heavy (non-hydrogen) atoms. The maximum atomic E-state index is 10.7. The quantitative estimate of drug-likeness (QED) is 0.658. The lowest BCUT2D eigenvalue weighted by Gasteiger charge is -2.14. The van der Waals surface area contributed by atoms with Gasteiger partial charge in [0.25, 0.3) is 5.69 Å². The highest BCUT2D eigenvalue weighted by Crippen LogP contribution is 2.19. The van der Waals surface area contributed by atoms with Crippen LogP contribution in [0, 0.1) is 10.1 Å². The van der Waals surface area contributed by atoms with Crippen molar-refractivity contribution in [1.29, 1.82) is 0 Å². The average Bonchev–Trinajstić information content (AvgIpc) is 2.46. The van der Waals surface area contributed by atoms with E-state index in [9.17, 15) is 10.1 Å². The first-order chi connectivity index (χ1) is 9.16. The van der Waals surface area contributed by atoms with Gasteiger partial charge in [0, 0.05) is 24.7 Å². The number of rotatable bonds is 5. The molecule has 0 aliphatic heterocycles. The summed E-state index contributed by atoms with van der Waals surface area (Å²) in [4.78, 5) is 10.4. The number of nitro groups is 1. The third-order valence-corrected chi connectivity index (χ3v) is 3.04. The first-order valence-corrected chi connectivity index (χ1v) is 6.18. The van der Waals surface area contributed by atoms with Crippen molar-refractivity contribution in [1.82, 2.24) is 5.32 Å². The lowest BCUT2D eigenvalue weighted by atomic mass is 10.1. The van der Waals surface area contributed by atoms with E-state index in [2.05, 4.69) is 5.32 Å². The Kier molecular flexibility index (Phi) is 4.26. The van der Waals surface area contributed by atoms with Crippen molar-refractivity contribution >= 4 is 5.69 Å². The van der Waals surface area contributed by atoms with Crippen molar-refractivity contribution in [2.24, 2.45) is 0 Å². The molecule has 98 valence electrons. The molecular weight excluding hydrogens is 240 g/mol. The standard InChI is InChI=1S/C15H16N2O2/c1-12(16-11-13-6-3-2-4-7-13)14-8-5-9-15(10-14)17(18)19/h2-10,12,16H,11H2,1H3. The van der Waals surface area contributed by atoms with Crippen molar-refractivity contribution in [3.05, 3.63) is 75.8 Å². The van der Waals surface area contributed by atoms with Crippen molar-refractivity contribution in [2.75, 3.05) is 0 Å². The number of hydrogen-bond donors (Lipinski definition) is 1. The van der Waals surface area contributed by atoms with Gasteiger partial charge in [0.05, 0.1) is 4.92 Å². The summed E-state index contributed by atoms with van der Waals surface area (Å²) in [6.45, 7) is 2.74. The Morgan fingerprint density at radius 2 is 1.89 bits per heavy atom. The van der Waals surface area contributed by atoms with Gasteiger partial charge < -0.3 is 5.32 Å². The fourth-order valence-corrected chi connectivity index (χ4v) is 1.89. The molecule has 2 aromatic rings. The van der Waals surface area contributed by atoms with Crippen LogP contribution in [0.2, 0.25) is 0 Å². The summed E-state index contributed by atoms with van der Waals surface area (Å²) in [5.41, 5.74) is 2.25. The van der Waals surface area contributed by atoms with Gasteiger partial charge in [0.1, 0.15) is 0 Å². The Bertz CT molecular complexity index is 555. The van der Waals surface area contributed by atoms with Gasteiger partial charge in [0.2, 0.25) is 0 Å². The van der Waals surface area contributed by atoms with E-state index in [1.54, 1.807) is 12.1 Å². The van der Waals surface area contributed by atoms with Gasteiger partial charge in [-0.15, -0.1) is 0 Å². The van der Waals surface area contributed by atoms with Crippen LogP contribution in [-0.2, 0) is 6.54 Å². The molecule has 0 radical (unpaired) electrons. The van der Waals surface area contributed by atoms with Crippen molar-refractivity contribution < 1.29 is 4.92 Å². The SMILES string of the molecule is CC(NCc1ccccc1)c1cccc([N+](=O)[O-])c1. The maximum absolute atomic E-state index is 10.7. The monoisotopic (exact) mass is 256 g/mol. The lowest BCUT2D eigenvalue weighted by molar-refractivity contribution is -0.384. The Labute approximate surface area is 112 Å². The number of nitro benzene ring substituents is 1. The summed E-state index contributed by atoms with van der Waals surface area (Å²) >= 11 is 0. The molecule has 0 aliphatic rings. The van der Waals surface area contributed by atoms with Crippen molar-refractivity contribution in [3.63, 3.8) is 0 Å². The largest absolute Gasteiger partial charge is 0.306 e. The van der Waals surface area contributed by atoms with Crippen LogP contribution < -0.4 is 5.32 Å². The highest BCUT2D eigenvalue weighted by Gasteiger charge is 2.10. The minimum Gasteiger partial charge on any atom is -0.306 e. The second-order valence-electron chi connectivity index (χ2n) is 4.44. The van der Waals surface area contributed by atoms with Gasteiger partial charge >= 0.3 is 0 Å². The number of nitrogens with zero attached hydrogens (tertiary/aromatic N) is 1. The molecule has 1 unspecified atom stereocenters. The van der Waals surface area contributed by atoms with Crippen LogP contribution in [-0.4, -0.2) is 4.92 Å². The molecule has 0 amide bonds. The Morgan fingerprint density at radius 1 is 1.16 bits per heavy atom. The van der Waals surface area contributed by atoms with E-state index in [-0.39, 0.29) is 16.7 Å². The molecule has 4 heteroatoms. The number of nitrogens with one attached hydrogen (secondary N) is 1. The molecule has 0 aliphatic carbocycles. The number of benzene rings is 2. The minimum atomic E-state index is -0.368. The van der Waals surface area contributed by atoms with E-state index in [0.717, 1.165) is 12.1 Å². The third kappa shape index (κ3) is 3.63. The zero-order chi connectivity index (χ0) is 13.7. The lowest BCUT2D eigenvalue weighted by Crippen LogP contribution is -2.18. The minimum absolute atomic E-state index is 0.0695. The molecule has 0 saturated carbocycles. The summed E-state index contributed by atoms with van der Waals surface area (Å²) in [5, 5.41) is 14.1. The topological polar surface area (TPSA) is 55.2 Å². The van der Waals surface area contributed by atoms with Gasteiger partial charge in [0.15, 0.2) is 0 Å². The van der Waals surface area contributed by atoms with E-state index in [0.29, 0.717) is 0 Å². The first-order valence-electron chi connectivity index (χ1n) is 6.18. The van der Waals surface area contributed by atoms with Gasteiger partial charge in [-0.1, -0.05) is 42.5 Å². The van der Waals surface area contributed by atoms with E-state index >= 15 is 0 Å². The van der Waals surface area contributed by atoms with Gasteiger partial charge in [-0.3, -0.25) is 10.1 Å². The summed E-state index contributed by atoms with van der Waals surface area (Å²) in [6, 6.07) is 16.9. The Balaban J connectivity index is 2.02.